The van der Waals surface area contributed by atoms with Gasteiger partial charge in [-0.1, -0.05) is 0 Å². The number of ether oxygens (including phenoxy) is 3. The first-order valence-corrected chi connectivity index (χ1v) is 12.9. The SMILES string of the molecule is COc1cc(N=S(C)(=O)C(C)(C)C)cc2ncnc(Nc3ccc(F)cc3O[C@H]3COC[C@@H]3O)c12. The molecule has 0 saturated carbocycles. The second-order valence-corrected chi connectivity index (χ2v) is 12.3. The van der Waals surface area contributed by atoms with Crippen molar-refractivity contribution in [2.75, 3.05) is 31.9 Å². The Hall–Kier alpha value is -3.02. The van der Waals surface area contributed by atoms with E-state index in [9.17, 15) is 13.7 Å². The largest absolute Gasteiger partial charge is 0.496 e. The molecule has 0 spiro atoms. The fourth-order valence-corrected chi connectivity index (χ4v) is 4.19. The van der Waals surface area contributed by atoms with Gasteiger partial charge < -0.3 is 24.6 Å². The van der Waals surface area contributed by atoms with Gasteiger partial charge in [0.25, 0.3) is 0 Å². The number of nitrogens with zero attached hydrogens (tertiary/aromatic N) is 3. The van der Waals surface area contributed by atoms with Crippen LogP contribution in [0.25, 0.3) is 10.9 Å². The maximum Gasteiger partial charge on any atom is 0.150 e. The lowest BCUT2D eigenvalue weighted by atomic mass is 10.2. The lowest BCUT2D eigenvalue weighted by molar-refractivity contribution is 0.0736. The maximum absolute atomic E-state index is 14.0. The summed E-state index contributed by atoms with van der Waals surface area (Å²) in [6, 6.07) is 7.44. The number of methoxy groups -OCH3 is 1. The average molecular weight is 505 g/mol. The molecular weight excluding hydrogens is 475 g/mol. The average Bonchev–Trinajstić information content (AvgIpc) is 3.18. The van der Waals surface area contributed by atoms with Crippen molar-refractivity contribution < 1.29 is 27.9 Å². The van der Waals surface area contributed by atoms with Crippen molar-refractivity contribution in [3.05, 3.63) is 42.5 Å². The van der Waals surface area contributed by atoms with Crippen LogP contribution >= 0.6 is 0 Å². The second kappa shape index (κ2) is 9.56. The van der Waals surface area contributed by atoms with E-state index in [2.05, 4.69) is 19.6 Å². The monoisotopic (exact) mass is 504 g/mol. The summed E-state index contributed by atoms with van der Waals surface area (Å²) in [6.45, 7) is 5.98. The Bertz CT molecular complexity index is 1370. The van der Waals surface area contributed by atoms with Crippen LogP contribution in [0.2, 0.25) is 0 Å². The number of benzene rings is 2. The van der Waals surface area contributed by atoms with Crippen molar-refractivity contribution >= 4 is 37.8 Å². The second-order valence-electron chi connectivity index (χ2n) is 9.30. The number of fused-ring (bicyclic) bond motifs is 1. The van der Waals surface area contributed by atoms with Gasteiger partial charge in [-0.15, -0.1) is 0 Å². The van der Waals surface area contributed by atoms with Crippen LogP contribution in [0.4, 0.5) is 21.6 Å². The molecule has 188 valence electrons. The molecule has 4 rings (SSSR count). The molecule has 3 atom stereocenters. The normalized spacial score (nSPS) is 19.9. The van der Waals surface area contributed by atoms with Crippen LogP contribution in [0.3, 0.4) is 0 Å². The lowest BCUT2D eigenvalue weighted by Crippen LogP contribution is -2.30. The summed E-state index contributed by atoms with van der Waals surface area (Å²) in [5, 5.41) is 13.8. The molecule has 0 amide bonds. The maximum atomic E-state index is 14.0. The number of hydrogen-bond donors (Lipinski definition) is 2. The zero-order valence-corrected chi connectivity index (χ0v) is 21.1. The topological polar surface area (TPSA) is 115 Å². The fraction of sp³-hybridized carbons (Fsp3) is 0.417. The Labute approximate surface area is 203 Å². The van der Waals surface area contributed by atoms with Crippen molar-refractivity contribution in [3.63, 3.8) is 0 Å². The van der Waals surface area contributed by atoms with E-state index in [1.54, 1.807) is 18.4 Å². The minimum Gasteiger partial charge on any atom is -0.496 e. The van der Waals surface area contributed by atoms with E-state index in [-0.39, 0.29) is 19.0 Å². The Morgan fingerprint density at radius 2 is 1.97 bits per heavy atom. The first-order chi connectivity index (χ1) is 16.5. The van der Waals surface area contributed by atoms with Crippen molar-refractivity contribution in [3.8, 4) is 11.5 Å². The predicted octanol–water partition coefficient (Wildman–Crippen LogP) is 4.19. The quantitative estimate of drug-likeness (QED) is 0.514. The van der Waals surface area contributed by atoms with E-state index in [0.29, 0.717) is 33.8 Å². The van der Waals surface area contributed by atoms with Gasteiger partial charge in [0.1, 0.15) is 35.6 Å². The third-order valence-corrected chi connectivity index (χ3v) is 8.63. The molecule has 9 nitrogen and oxygen atoms in total. The third kappa shape index (κ3) is 5.31. The molecule has 2 heterocycles. The van der Waals surface area contributed by atoms with E-state index in [4.69, 9.17) is 14.2 Å². The van der Waals surface area contributed by atoms with Gasteiger partial charge in [0.15, 0.2) is 6.10 Å². The summed E-state index contributed by atoms with van der Waals surface area (Å²) in [7, 11) is -1.04. The van der Waals surface area contributed by atoms with Gasteiger partial charge in [0, 0.05) is 23.1 Å². The van der Waals surface area contributed by atoms with Crippen molar-refractivity contribution in [2.24, 2.45) is 4.36 Å². The van der Waals surface area contributed by atoms with Crippen LogP contribution in [0.1, 0.15) is 20.8 Å². The molecule has 1 aliphatic heterocycles. The van der Waals surface area contributed by atoms with Crippen LogP contribution in [0.15, 0.2) is 41.0 Å². The summed E-state index contributed by atoms with van der Waals surface area (Å²) in [4.78, 5) is 8.70. The van der Waals surface area contributed by atoms with Crippen molar-refractivity contribution in [1.29, 1.82) is 0 Å². The molecule has 1 unspecified atom stereocenters. The van der Waals surface area contributed by atoms with Crippen LogP contribution in [0.5, 0.6) is 11.5 Å². The molecule has 2 N–H and O–H groups in total. The highest BCUT2D eigenvalue weighted by atomic mass is 32.2. The number of aliphatic hydroxyl groups is 1. The predicted molar refractivity (Wildman–Crippen MR) is 133 cm³/mol. The first kappa shape index (κ1) is 25.1. The van der Waals surface area contributed by atoms with Crippen LogP contribution in [0, 0.1) is 5.82 Å². The highest BCUT2D eigenvalue weighted by Crippen LogP contribution is 2.38. The van der Waals surface area contributed by atoms with Gasteiger partial charge in [-0.25, -0.2) is 18.6 Å². The summed E-state index contributed by atoms with van der Waals surface area (Å²) in [5.41, 5.74) is 1.43. The van der Waals surface area contributed by atoms with E-state index >= 15 is 0 Å². The number of aromatic nitrogens is 2. The van der Waals surface area contributed by atoms with Crippen LogP contribution in [-0.2, 0) is 14.5 Å². The highest BCUT2D eigenvalue weighted by Gasteiger charge is 2.29. The standard InChI is InChI=1S/C24H29FN4O5S/c1-24(2,3)35(5,31)29-15-9-17-22(20(10-15)32-4)23(27-13-26-17)28-16-7-6-14(25)8-19(16)34-21-12-33-11-18(21)30/h6-10,13,18,21,30H,11-12H2,1-5H3,(H,26,27,28)/t18-,21-,35?/m0/s1. The summed E-state index contributed by atoms with van der Waals surface area (Å²) < 4.78 is 47.8. The number of rotatable bonds is 6. The minimum absolute atomic E-state index is 0.156. The Morgan fingerprint density at radius 3 is 2.63 bits per heavy atom. The Kier molecular flexibility index (Phi) is 6.85. The van der Waals surface area contributed by atoms with E-state index in [1.165, 1.54) is 31.6 Å². The summed E-state index contributed by atoms with van der Waals surface area (Å²) in [5.74, 6) is 0.536. The molecular formula is C24H29FN4O5S. The molecule has 1 aromatic heterocycles. The first-order valence-electron chi connectivity index (χ1n) is 11.0. The number of hydrogen-bond acceptors (Lipinski definition) is 9. The molecule has 35 heavy (non-hydrogen) atoms. The smallest absolute Gasteiger partial charge is 0.150 e. The number of halogens is 1. The molecule has 1 fully saturated rings. The molecule has 0 aliphatic carbocycles. The zero-order chi connectivity index (χ0) is 25.4. The Balaban J connectivity index is 1.76. The van der Waals surface area contributed by atoms with Crippen molar-refractivity contribution in [1.82, 2.24) is 9.97 Å². The van der Waals surface area contributed by atoms with Gasteiger partial charge >= 0.3 is 0 Å². The van der Waals surface area contributed by atoms with Crippen LogP contribution < -0.4 is 14.8 Å². The molecule has 1 aliphatic rings. The third-order valence-electron chi connectivity index (χ3n) is 5.80. The van der Waals surface area contributed by atoms with E-state index < -0.39 is 32.5 Å². The number of aliphatic hydroxyl groups excluding tert-OH is 1. The molecule has 0 bridgehead atoms. The molecule has 2 aromatic carbocycles. The minimum atomic E-state index is -2.55. The summed E-state index contributed by atoms with van der Waals surface area (Å²) >= 11 is 0. The lowest BCUT2D eigenvalue weighted by Gasteiger charge is -2.21. The summed E-state index contributed by atoms with van der Waals surface area (Å²) in [6.07, 6.45) is 1.57. The number of anilines is 2. The van der Waals surface area contributed by atoms with Crippen LogP contribution in [-0.4, -0.2) is 62.8 Å². The van der Waals surface area contributed by atoms with Gasteiger partial charge in [-0.2, -0.15) is 4.36 Å². The van der Waals surface area contributed by atoms with Gasteiger partial charge in [-0.3, -0.25) is 0 Å². The van der Waals surface area contributed by atoms with Gasteiger partial charge in [0.2, 0.25) is 0 Å². The van der Waals surface area contributed by atoms with Crippen molar-refractivity contribution in [2.45, 2.75) is 37.7 Å². The van der Waals surface area contributed by atoms with E-state index in [0.717, 1.165) is 0 Å². The Morgan fingerprint density at radius 1 is 1.20 bits per heavy atom. The molecule has 0 radical (unpaired) electrons. The molecule has 1 saturated heterocycles. The molecule has 11 heteroatoms. The molecule has 3 aromatic rings. The highest BCUT2D eigenvalue weighted by molar-refractivity contribution is 7.94. The van der Waals surface area contributed by atoms with Gasteiger partial charge in [-0.05, 0) is 39.0 Å². The van der Waals surface area contributed by atoms with E-state index in [1.807, 2.05) is 20.8 Å². The zero-order valence-electron chi connectivity index (χ0n) is 20.2. The number of nitrogens with one attached hydrogen (secondary N) is 1. The fourth-order valence-electron chi connectivity index (χ4n) is 3.41. The van der Waals surface area contributed by atoms with Gasteiger partial charge in [0.05, 0.1) is 52.3 Å².